The smallest absolute Gasteiger partial charge is 0.416 e. The predicted octanol–water partition coefficient (Wildman–Crippen LogP) is 3.13. The number of fused-ring (bicyclic) bond motifs is 1. The summed E-state index contributed by atoms with van der Waals surface area (Å²) in [5.74, 6) is -0.540. The molecule has 4 heterocycles. The number of aromatic hydroxyl groups is 1. The maximum atomic E-state index is 14.0. The van der Waals surface area contributed by atoms with Gasteiger partial charge in [0.05, 0.1) is 28.6 Å². The first kappa shape index (κ1) is 29.3. The fourth-order valence-electron chi connectivity index (χ4n) is 5.12. The molecule has 2 aliphatic rings. The highest BCUT2D eigenvalue weighted by molar-refractivity contribution is 7.87. The van der Waals surface area contributed by atoms with Crippen LogP contribution in [0.5, 0.6) is 5.88 Å². The normalized spacial score (nSPS) is 16.0. The number of halogens is 4. The summed E-state index contributed by atoms with van der Waals surface area (Å²) < 4.78 is 71.6. The maximum absolute atomic E-state index is 14.0. The Morgan fingerprint density at radius 3 is 2.63 bits per heavy atom. The van der Waals surface area contributed by atoms with Crippen LogP contribution in [0.15, 0.2) is 63.8 Å². The zero-order valence-electron chi connectivity index (χ0n) is 22.1. The fourth-order valence-corrected chi connectivity index (χ4v) is 7.79. The number of imidazole rings is 1. The highest BCUT2D eigenvalue weighted by Gasteiger charge is 2.34. The molecule has 0 spiro atoms. The third-order valence-corrected chi connectivity index (χ3v) is 10.4. The molecule has 224 valence electrons. The van der Waals surface area contributed by atoms with Gasteiger partial charge in [0.2, 0.25) is 5.88 Å². The minimum absolute atomic E-state index is 0.0115. The molecule has 43 heavy (non-hydrogen) atoms. The average Bonchev–Trinajstić information content (AvgIpc) is 3.77. The van der Waals surface area contributed by atoms with E-state index in [4.69, 9.17) is 11.6 Å². The number of benzene rings is 2. The van der Waals surface area contributed by atoms with Gasteiger partial charge in [-0.15, -0.1) is 0 Å². The number of thiazole rings is 1. The summed E-state index contributed by atoms with van der Waals surface area (Å²) in [4.78, 5) is 16.7. The molecule has 2 aliphatic heterocycles. The van der Waals surface area contributed by atoms with Gasteiger partial charge in [0.15, 0.2) is 0 Å². The first-order valence-electron chi connectivity index (χ1n) is 13.0. The van der Waals surface area contributed by atoms with Crippen molar-refractivity contribution in [3.05, 3.63) is 101 Å². The molecule has 0 atom stereocenters. The second-order valence-electron chi connectivity index (χ2n) is 9.93. The molecule has 1 fully saturated rings. The number of nitrogens with zero attached hydrogens (tertiary/aromatic N) is 6. The summed E-state index contributed by atoms with van der Waals surface area (Å²) in [5, 5.41) is 20.1. The molecular weight excluding hydrogens is 629 g/mol. The molecule has 2 aromatic carbocycles. The van der Waals surface area contributed by atoms with Crippen LogP contribution in [-0.4, -0.2) is 50.7 Å². The standard InChI is InChI=1S/C27H22ClF3N6O4S2/c28-19-5-3-17(21(13-19)27(29,30)31)12-20(16-4-6-22-18(11-16)14-33-34-22)24-25(38)36(26(39)42-24)15-23-32-7-10-37(23)43(40,41)35-8-1-2-9-35/h3-7,10-11,13-14,38H,1-2,8-9,12,15H2. The van der Waals surface area contributed by atoms with Gasteiger partial charge in [0, 0.05) is 42.5 Å². The van der Waals surface area contributed by atoms with E-state index in [-0.39, 0.29) is 39.8 Å². The molecule has 1 N–H and O–H groups in total. The molecule has 0 amide bonds. The van der Waals surface area contributed by atoms with E-state index in [2.05, 4.69) is 15.2 Å². The van der Waals surface area contributed by atoms with E-state index in [1.807, 2.05) is 0 Å². The van der Waals surface area contributed by atoms with Gasteiger partial charge in [-0.1, -0.05) is 35.1 Å². The molecule has 0 radical (unpaired) electrons. The van der Waals surface area contributed by atoms with E-state index in [1.165, 1.54) is 35.0 Å². The van der Waals surface area contributed by atoms with Crippen LogP contribution in [0.1, 0.15) is 40.2 Å². The molecule has 0 unspecified atom stereocenters. The topological polar surface area (TPSA) is 122 Å². The number of alkyl halides is 3. The molecule has 10 nitrogen and oxygen atoms in total. The van der Waals surface area contributed by atoms with Crippen LogP contribution in [0.25, 0.3) is 5.57 Å². The van der Waals surface area contributed by atoms with Crippen molar-refractivity contribution in [1.29, 1.82) is 0 Å². The number of hydrogen-bond donors (Lipinski definition) is 1. The second kappa shape index (κ2) is 11.0. The Bertz CT molecular complexity index is 2060. The van der Waals surface area contributed by atoms with Crippen LogP contribution in [0, 0.1) is 0 Å². The molecule has 1 saturated heterocycles. The third-order valence-electron chi connectivity index (χ3n) is 7.24. The van der Waals surface area contributed by atoms with E-state index in [1.54, 1.807) is 18.2 Å². The summed E-state index contributed by atoms with van der Waals surface area (Å²) in [6.45, 7) is 0.323. The van der Waals surface area contributed by atoms with Crippen LogP contribution in [0.3, 0.4) is 0 Å². The summed E-state index contributed by atoms with van der Waals surface area (Å²) in [6.07, 6.45) is 0.468. The monoisotopic (exact) mass is 650 g/mol. The fraction of sp³-hybridized carbons (Fsp3) is 0.259. The van der Waals surface area contributed by atoms with E-state index >= 15 is 0 Å². The highest BCUT2D eigenvalue weighted by Crippen LogP contribution is 2.37. The molecule has 0 saturated carbocycles. The zero-order chi connectivity index (χ0) is 30.5. The number of aromatic nitrogens is 3. The Morgan fingerprint density at radius 2 is 1.88 bits per heavy atom. The summed E-state index contributed by atoms with van der Waals surface area (Å²) in [7, 11) is -3.94. The van der Waals surface area contributed by atoms with Gasteiger partial charge in [-0.3, -0.25) is 9.36 Å². The van der Waals surface area contributed by atoms with Crippen molar-refractivity contribution >= 4 is 44.9 Å². The van der Waals surface area contributed by atoms with Crippen LogP contribution in [-0.2, 0) is 29.4 Å². The van der Waals surface area contributed by atoms with Crippen molar-refractivity contribution in [1.82, 2.24) is 17.8 Å². The van der Waals surface area contributed by atoms with Gasteiger partial charge in [-0.25, -0.2) is 8.96 Å². The summed E-state index contributed by atoms with van der Waals surface area (Å²) >= 11 is 6.53. The predicted molar refractivity (Wildman–Crippen MR) is 154 cm³/mol. The first-order chi connectivity index (χ1) is 20.4. The minimum atomic E-state index is -4.71. The van der Waals surface area contributed by atoms with Crippen molar-refractivity contribution in [2.45, 2.75) is 32.0 Å². The zero-order valence-corrected chi connectivity index (χ0v) is 24.5. The van der Waals surface area contributed by atoms with Crippen molar-refractivity contribution < 1.29 is 26.7 Å². The number of rotatable bonds is 7. The van der Waals surface area contributed by atoms with Crippen LogP contribution in [0.4, 0.5) is 13.2 Å². The van der Waals surface area contributed by atoms with E-state index < -0.39 is 32.7 Å². The van der Waals surface area contributed by atoms with Gasteiger partial charge >= 0.3 is 21.3 Å². The highest BCUT2D eigenvalue weighted by atomic mass is 35.5. The van der Waals surface area contributed by atoms with E-state index in [0.717, 1.165) is 27.4 Å². The molecule has 4 aromatic rings. The van der Waals surface area contributed by atoms with Gasteiger partial charge in [-0.05, 0) is 53.5 Å². The van der Waals surface area contributed by atoms with Crippen molar-refractivity contribution in [2.75, 3.05) is 13.1 Å². The lowest BCUT2D eigenvalue weighted by Gasteiger charge is -2.18. The summed E-state index contributed by atoms with van der Waals surface area (Å²) in [6, 6.07) is 8.35. The van der Waals surface area contributed by atoms with Crippen LogP contribution < -0.4 is 15.4 Å². The minimum Gasteiger partial charge on any atom is -0.493 e. The lowest BCUT2D eigenvalue weighted by molar-refractivity contribution is -0.138. The molecule has 16 heteroatoms. The Labute approximate surface area is 251 Å². The Kier molecular flexibility index (Phi) is 7.52. The van der Waals surface area contributed by atoms with Gasteiger partial charge in [0.1, 0.15) is 5.82 Å². The van der Waals surface area contributed by atoms with Crippen LogP contribution >= 0.6 is 22.9 Å². The average molecular weight is 651 g/mol. The van der Waals surface area contributed by atoms with Crippen molar-refractivity contribution in [3.8, 4) is 5.88 Å². The molecule has 0 aliphatic carbocycles. The molecular formula is C27H22ClF3N6O4S2. The van der Waals surface area contributed by atoms with Crippen LogP contribution in [0.2, 0.25) is 5.02 Å². The largest absolute Gasteiger partial charge is 0.493 e. The lowest BCUT2D eigenvalue weighted by atomic mass is 9.96. The molecule has 6 rings (SSSR count). The Morgan fingerprint density at radius 1 is 1.12 bits per heavy atom. The van der Waals surface area contributed by atoms with Crippen molar-refractivity contribution in [2.24, 2.45) is 10.2 Å². The quantitative estimate of drug-likeness (QED) is 0.330. The van der Waals surface area contributed by atoms with Gasteiger partial charge in [-0.2, -0.15) is 36.1 Å². The first-order valence-corrected chi connectivity index (χ1v) is 15.6. The second-order valence-corrected chi connectivity index (χ2v) is 13.1. The third kappa shape index (κ3) is 5.53. The molecule has 0 bridgehead atoms. The Hall–Kier alpha value is -3.79. The SMILES string of the molecule is O=c1sc(C(Cc2ccc(Cl)cc2C(F)(F)F)=c2ccc3c(c2)C=NN=3)c(O)n1Cc1nccn1S(=O)(=O)N1CCCC1. The Balaban J connectivity index is 1.47. The van der Waals surface area contributed by atoms with Gasteiger partial charge in [0.25, 0.3) is 0 Å². The lowest BCUT2D eigenvalue weighted by Crippen LogP contribution is -2.34. The van der Waals surface area contributed by atoms with E-state index in [9.17, 15) is 31.5 Å². The molecule has 2 aromatic heterocycles. The maximum Gasteiger partial charge on any atom is 0.416 e. The van der Waals surface area contributed by atoms with Crippen molar-refractivity contribution in [3.63, 3.8) is 0 Å². The van der Waals surface area contributed by atoms with E-state index in [0.29, 0.717) is 40.6 Å². The summed E-state index contributed by atoms with van der Waals surface area (Å²) in [5.41, 5.74) is -0.217. The number of hydrogen-bond acceptors (Lipinski definition) is 8. The van der Waals surface area contributed by atoms with Gasteiger partial charge < -0.3 is 5.11 Å².